The van der Waals surface area contributed by atoms with E-state index in [0.717, 1.165) is 22.6 Å². The molecule has 3 heteroatoms. The van der Waals surface area contributed by atoms with Crippen molar-refractivity contribution in [3.8, 4) is 11.5 Å². The molecule has 0 fully saturated rings. The van der Waals surface area contributed by atoms with Gasteiger partial charge in [-0.25, -0.2) is 0 Å². The third-order valence-electron chi connectivity index (χ3n) is 5.18. The van der Waals surface area contributed by atoms with Crippen molar-refractivity contribution in [2.45, 2.75) is 12.2 Å². The lowest BCUT2D eigenvalue weighted by Crippen LogP contribution is -2.08. The van der Waals surface area contributed by atoms with Gasteiger partial charge in [-0.3, -0.25) is 0 Å². The fourth-order valence-corrected chi connectivity index (χ4v) is 4.11. The van der Waals surface area contributed by atoms with Crippen LogP contribution in [-0.2, 0) is 4.74 Å². The van der Waals surface area contributed by atoms with Gasteiger partial charge in [-0.15, -0.1) is 0 Å². The second-order valence-electron chi connectivity index (χ2n) is 6.37. The number of hydrogen-bond acceptors (Lipinski definition) is 3. The summed E-state index contributed by atoms with van der Waals surface area (Å²) in [4.78, 5) is 0. The quantitative estimate of drug-likeness (QED) is 0.762. The van der Waals surface area contributed by atoms with Gasteiger partial charge in [-0.2, -0.15) is 0 Å². The Morgan fingerprint density at radius 2 is 1.20 bits per heavy atom. The van der Waals surface area contributed by atoms with Gasteiger partial charge in [-0.1, -0.05) is 36.4 Å². The standard InChI is InChI=1S/C22H18O3/c1-23-17-7-3-5-15-13(17)9-10-14-16(6-4-8-18(14)24-2)22-20-12-11-19(25-20)21(15)22/h3-12,19-20H,1-2H3/b10-9-,13-9?,14-10?,21-15?,22-16?. The molecule has 1 aliphatic carbocycles. The molecule has 2 bridgehead atoms. The molecule has 5 rings (SSSR count). The maximum atomic E-state index is 6.20. The lowest BCUT2D eigenvalue weighted by molar-refractivity contribution is 0.143. The largest absolute Gasteiger partial charge is 0.496 e. The number of rotatable bonds is 2. The Labute approximate surface area is 146 Å². The number of hydrogen-bond donors (Lipinski definition) is 0. The van der Waals surface area contributed by atoms with Crippen molar-refractivity contribution in [2.24, 2.45) is 0 Å². The van der Waals surface area contributed by atoms with Crippen LogP contribution >= 0.6 is 0 Å². The predicted molar refractivity (Wildman–Crippen MR) is 99.5 cm³/mol. The van der Waals surface area contributed by atoms with Crippen LogP contribution in [0.2, 0.25) is 0 Å². The van der Waals surface area contributed by atoms with Gasteiger partial charge in [0.25, 0.3) is 0 Å². The van der Waals surface area contributed by atoms with Gasteiger partial charge in [-0.05, 0) is 46.6 Å². The molecular formula is C22H18O3. The van der Waals surface area contributed by atoms with Crippen LogP contribution in [0.25, 0.3) is 23.3 Å². The molecule has 3 nitrogen and oxygen atoms in total. The van der Waals surface area contributed by atoms with Crippen LogP contribution < -0.4 is 9.47 Å². The number of fused-ring (bicyclic) bond motifs is 8. The minimum atomic E-state index is -0.00333. The van der Waals surface area contributed by atoms with E-state index >= 15 is 0 Å². The molecule has 0 radical (unpaired) electrons. The second kappa shape index (κ2) is 5.36. The fourth-order valence-electron chi connectivity index (χ4n) is 4.11. The number of ether oxygens (including phenoxy) is 3. The van der Waals surface area contributed by atoms with Crippen molar-refractivity contribution in [1.82, 2.24) is 0 Å². The molecule has 0 aromatic heterocycles. The molecule has 0 saturated carbocycles. The number of benzene rings is 2. The molecule has 2 aromatic rings. The topological polar surface area (TPSA) is 27.7 Å². The van der Waals surface area contributed by atoms with Gasteiger partial charge in [0, 0.05) is 11.1 Å². The van der Waals surface area contributed by atoms with E-state index in [1.165, 1.54) is 22.3 Å². The summed E-state index contributed by atoms with van der Waals surface area (Å²) in [5, 5.41) is 0. The zero-order valence-electron chi connectivity index (χ0n) is 14.2. The molecule has 0 saturated heterocycles. The Hall–Kier alpha value is -2.78. The van der Waals surface area contributed by atoms with Crippen LogP contribution in [0.1, 0.15) is 22.3 Å². The SMILES string of the molecule is COc1cccc2c1/C=C\c1c(OC)cccc1C1=C2C2C=CC1O2. The van der Waals surface area contributed by atoms with Crippen LogP contribution in [0, 0.1) is 0 Å². The zero-order chi connectivity index (χ0) is 17.0. The van der Waals surface area contributed by atoms with Gasteiger partial charge in [0.15, 0.2) is 0 Å². The highest BCUT2D eigenvalue weighted by molar-refractivity contribution is 6.05. The highest BCUT2D eigenvalue weighted by Crippen LogP contribution is 2.50. The molecule has 2 aliphatic heterocycles. The van der Waals surface area contributed by atoms with Crippen molar-refractivity contribution in [1.29, 1.82) is 0 Å². The van der Waals surface area contributed by atoms with E-state index in [1.54, 1.807) is 14.2 Å². The van der Waals surface area contributed by atoms with E-state index < -0.39 is 0 Å². The summed E-state index contributed by atoms with van der Waals surface area (Å²) >= 11 is 0. The third kappa shape index (κ3) is 1.96. The van der Waals surface area contributed by atoms with E-state index in [9.17, 15) is 0 Å². The Kier molecular flexibility index (Phi) is 3.12. The van der Waals surface area contributed by atoms with Gasteiger partial charge in [0.1, 0.15) is 23.7 Å². The monoisotopic (exact) mass is 330 g/mol. The van der Waals surface area contributed by atoms with Crippen molar-refractivity contribution >= 4 is 23.3 Å². The predicted octanol–water partition coefficient (Wildman–Crippen LogP) is 4.44. The summed E-state index contributed by atoms with van der Waals surface area (Å²) < 4.78 is 17.4. The highest BCUT2D eigenvalue weighted by atomic mass is 16.5. The van der Waals surface area contributed by atoms with E-state index in [1.807, 2.05) is 24.3 Å². The second-order valence-corrected chi connectivity index (χ2v) is 6.37. The summed E-state index contributed by atoms with van der Waals surface area (Å²) in [6.45, 7) is 0. The first kappa shape index (κ1) is 14.6. The molecule has 2 aromatic carbocycles. The summed E-state index contributed by atoms with van der Waals surface area (Å²) in [6, 6.07) is 12.4. The number of methoxy groups -OCH3 is 2. The molecule has 25 heavy (non-hydrogen) atoms. The van der Waals surface area contributed by atoms with Crippen LogP contribution in [0.5, 0.6) is 11.5 Å². The molecule has 2 atom stereocenters. The van der Waals surface area contributed by atoms with Crippen molar-refractivity contribution in [2.75, 3.05) is 14.2 Å². The summed E-state index contributed by atoms with van der Waals surface area (Å²) in [5.41, 5.74) is 6.99. The highest BCUT2D eigenvalue weighted by Gasteiger charge is 2.39. The Morgan fingerprint density at radius 1 is 0.720 bits per heavy atom. The summed E-state index contributed by atoms with van der Waals surface area (Å²) in [6.07, 6.45) is 8.53. The Bertz CT molecular complexity index is 890. The van der Waals surface area contributed by atoms with Crippen molar-refractivity contribution < 1.29 is 14.2 Å². The molecular weight excluding hydrogens is 312 g/mol. The summed E-state index contributed by atoms with van der Waals surface area (Å²) in [5.74, 6) is 1.73. The normalized spacial score (nSPS) is 23.4. The maximum absolute atomic E-state index is 6.20. The first-order chi connectivity index (χ1) is 12.3. The van der Waals surface area contributed by atoms with Gasteiger partial charge in [0.05, 0.1) is 14.2 Å². The first-order valence-electron chi connectivity index (χ1n) is 8.42. The van der Waals surface area contributed by atoms with E-state index in [4.69, 9.17) is 14.2 Å². The van der Waals surface area contributed by atoms with Crippen LogP contribution in [0.4, 0.5) is 0 Å². The molecule has 124 valence electrons. The van der Waals surface area contributed by atoms with Crippen LogP contribution in [-0.4, -0.2) is 26.4 Å². The molecule has 2 heterocycles. The lowest BCUT2D eigenvalue weighted by Gasteiger charge is -2.22. The lowest BCUT2D eigenvalue weighted by atomic mass is 9.82. The van der Waals surface area contributed by atoms with Gasteiger partial charge in [0.2, 0.25) is 0 Å². The van der Waals surface area contributed by atoms with Crippen molar-refractivity contribution in [3.63, 3.8) is 0 Å². The fraction of sp³-hybridized carbons (Fsp3) is 0.182. The third-order valence-corrected chi connectivity index (χ3v) is 5.18. The molecule has 0 amide bonds. The van der Waals surface area contributed by atoms with E-state index in [2.05, 4.69) is 36.4 Å². The molecule has 3 aliphatic rings. The summed E-state index contributed by atoms with van der Waals surface area (Å²) in [7, 11) is 3.42. The molecule has 0 N–H and O–H groups in total. The van der Waals surface area contributed by atoms with E-state index in [0.29, 0.717) is 0 Å². The van der Waals surface area contributed by atoms with Crippen molar-refractivity contribution in [3.05, 3.63) is 70.8 Å². The average molecular weight is 330 g/mol. The van der Waals surface area contributed by atoms with Crippen LogP contribution in [0.3, 0.4) is 0 Å². The first-order valence-corrected chi connectivity index (χ1v) is 8.42. The van der Waals surface area contributed by atoms with Gasteiger partial charge < -0.3 is 14.2 Å². The minimum absolute atomic E-state index is 0.00333. The maximum Gasteiger partial charge on any atom is 0.126 e. The van der Waals surface area contributed by atoms with E-state index in [-0.39, 0.29) is 12.2 Å². The minimum Gasteiger partial charge on any atom is -0.496 e. The smallest absolute Gasteiger partial charge is 0.126 e. The van der Waals surface area contributed by atoms with Gasteiger partial charge >= 0.3 is 0 Å². The Balaban J connectivity index is 1.87. The average Bonchev–Trinajstić information content (AvgIpc) is 3.25. The molecule has 0 spiro atoms. The molecule has 2 unspecified atom stereocenters. The van der Waals surface area contributed by atoms with Crippen LogP contribution in [0.15, 0.2) is 48.6 Å². The zero-order valence-corrected chi connectivity index (χ0v) is 14.2. The Morgan fingerprint density at radius 3 is 1.64 bits per heavy atom.